The zero-order valence-corrected chi connectivity index (χ0v) is 14.3. The molecule has 1 aliphatic rings. The molecule has 0 spiro atoms. The van der Waals surface area contributed by atoms with Crippen LogP contribution in [0.2, 0.25) is 0 Å². The van der Waals surface area contributed by atoms with E-state index >= 15 is 0 Å². The predicted octanol–water partition coefficient (Wildman–Crippen LogP) is 4.11. The number of rotatable bonds is 6. The van der Waals surface area contributed by atoms with Crippen molar-refractivity contribution in [1.29, 1.82) is 0 Å². The highest BCUT2D eigenvalue weighted by molar-refractivity contribution is 5.62. The summed E-state index contributed by atoms with van der Waals surface area (Å²) in [7, 11) is 0. The second-order valence-electron chi connectivity index (χ2n) is 6.19. The van der Waals surface area contributed by atoms with Crippen molar-refractivity contribution >= 4 is 17.5 Å². The molecule has 0 bridgehead atoms. The van der Waals surface area contributed by atoms with Crippen LogP contribution in [0.5, 0.6) is 0 Å². The molecule has 2 heterocycles. The summed E-state index contributed by atoms with van der Waals surface area (Å²) >= 11 is 0. The van der Waals surface area contributed by atoms with Gasteiger partial charge >= 0.3 is 0 Å². The first-order chi connectivity index (χ1) is 13.5. The van der Waals surface area contributed by atoms with Crippen LogP contribution in [0.25, 0.3) is 11.4 Å². The van der Waals surface area contributed by atoms with E-state index in [1.165, 1.54) is 6.07 Å². The zero-order chi connectivity index (χ0) is 19.7. The summed E-state index contributed by atoms with van der Waals surface area (Å²) < 4.78 is 54.3. The number of pyridine rings is 1. The second kappa shape index (κ2) is 7.29. The molecule has 3 N–H and O–H groups in total. The van der Waals surface area contributed by atoms with Gasteiger partial charge in [0.1, 0.15) is 5.69 Å². The van der Waals surface area contributed by atoms with E-state index in [0.717, 1.165) is 12.8 Å². The summed E-state index contributed by atoms with van der Waals surface area (Å²) in [6, 6.07) is 7.15. The molecule has 1 saturated carbocycles. The lowest BCUT2D eigenvalue weighted by Gasteiger charge is -2.14. The number of benzene rings is 1. The van der Waals surface area contributed by atoms with Crippen molar-refractivity contribution in [1.82, 2.24) is 15.0 Å². The zero-order valence-electron chi connectivity index (χ0n) is 14.3. The summed E-state index contributed by atoms with van der Waals surface area (Å²) in [6.07, 6.45) is 3.56. The number of halogens is 4. The first-order valence-electron chi connectivity index (χ1n) is 8.43. The average molecular weight is 390 g/mol. The van der Waals surface area contributed by atoms with E-state index in [-0.39, 0.29) is 17.9 Å². The van der Waals surface area contributed by atoms with Crippen LogP contribution < -0.4 is 16.2 Å². The smallest absolute Gasteiger partial charge is 0.225 e. The number of nitrogens with zero attached hydrogens (tertiary/aromatic N) is 3. The molecule has 0 unspecified atom stereocenters. The van der Waals surface area contributed by atoms with Gasteiger partial charge in [-0.2, -0.15) is 4.98 Å². The van der Waals surface area contributed by atoms with Gasteiger partial charge in [-0.25, -0.2) is 22.5 Å². The van der Waals surface area contributed by atoms with Crippen LogP contribution in [0.3, 0.4) is 0 Å². The Morgan fingerprint density at radius 2 is 1.61 bits per heavy atom. The normalized spacial score (nSPS) is 13.3. The van der Waals surface area contributed by atoms with E-state index in [4.69, 9.17) is 0 Å². The Bertz CT molecular complexity index is 984. The highest BCUT2D eigenvalue weighted by Gasteiger charge is 2.23. The van der Waals surface area contributed by atoms with Gasteiger partial charge in [0, 0.05) is 24.4 Å². The summed E-state index contributed by atoms with van der Waals surface area (Å²) in [5, 5.41) is 3.12. The van der Waals surface area contributed by atoms with Gasteiger partial charge in [0.05, 0.1) is 11.4 Å². The van der Waals surface area contributed by atoms with Gasteiger partial charge in [0.15, 0.2) is 29.1 Å². The minimum atomic E-state index is -1.55. The molecule has 1 fully saturated rings. The van der Waals surface area contributed by atoms with E-state index in [9.17, 15) is 17.6 Å². The molecule has 6 nitrogen and oxygen atoms in total. The van der Waals surface area contributed by atoms with Crippen molar-refractivity contribution in [2.45, 2.75) is 18.9 Å². The molecule has 0 saturated heterocycles. The third-order valence-electron chi connectivity index (χ3n) is 3.99. The van der Waals surface area contributed by atoms with Gasteiger partial charge in [0.2, 0.25) is 5.95 Å². The Kier molecular flexibility index (Phi) is 4.68. The molecule has 0 atom stereocenters. The lowest BCUT2D eigenvalue weighted by atomic mass is 10.2. The van der Waals surface area contributed by atoms with E-state index in [1.54, 1.807) is 24.4 Å². The van der Waals surface area contributed by atoms with E-state index < -0.39 is 29.0 Å². The maximum atomic E-state index is 13.8. The summed E-state index contributed by atoms with van der Waals surface area (Å²) in [5.41, 5.74) is 4.61. The molecular formula is C18H14F4N6. The molecule has 3 aromatic rings. The third kappa shape index (κ3) is 3.80. The standard InChI is InChI=1S/C18H14F4N6/c19-10-7-11(20)16(22)17(15(10)21)28-27-14-8-13(12-3-1-2-6-23-12)25-18(26-14)24-9-4-5-9/h1-3,6-9,28H,4-5H2,(H2,24,25,26,27). The largest absolute Gasteiger partial charge is 0.351 e. The van der Waals surface area contributed by atoms with Gasteiger partial charge < -0.3 is 5.32 Å². The van der Waals surface area contributed by atoms with E-state index in [0.29, 0.717) is 17.3 Å². The van der Waals surface area contributed by atoms with Crippen molar-refractivity contribution in [2.24, 2.45) is 0 Å². The molecular weight excluding hydrogens is 376 g/mol. The topological polar surface area (TPSA) is 74.8 Å². The minimum absolute atomic E-state index is 0.127. The average Bonchev–Trinajstić information content (AvgIpc) is 3.51. The Morgan fingerprint density at radius 3 is 2.25 bits per heavy atom. The molecule has 4 rings (SSSR count). The number of aromatic nitrogens is 3. The van der Waals surface area contributed by atoms with E-state index in [1.807, 2.05) is 0 Å². The highest BCUT2D eigenvalue weighted by atomic mass is 19.2. The fraction of sp³-hybridized carbons (Fsp3) is 0.167. The van der Waals surface area contributed by atoms with Crippen LogP contribution in [-0.2, 0) is 0 Å². The molecule has 144 valence electrons. The summed E-state index contributed by atoms with van der Waals surface area (Å²) in [4.78, 5) is 12.8. The van der Waals surface area contributed by atoms with Crippen molar-refractivity contribution in [3.63, 3.8) is 0 Å². The maximum Gasteiger partial charge on any atom is 0.225 e. The molecule has 0 aliphatic heterocycles. The molecule has 2 aromatic heterocycles. The number of hydrazine groups is 1. The van der Waals surface area contributed by atoms with E-state index in [2.05, 4.69) is 31.1 Å². The fourth-order valence-electron chi connectivity index (χ4n) is 2.44. The Balaban J connectivity index is 1.64. The van der Waals surface area contributed by atoms with Gasteiger partial charge in [-0.05, 0) is 25.0 Å². The highest BCUT2D eigenvalue weighted by Crippen LogP contribution is 2.27. The lowest BCUT2D eigenvalue weighted by Crippen LogP contribution is -2.16. The summed E-state index contributed by atoms with van der Waals surface area (Å²) in [6.45, 7) is 0. The Labute approximate surface area is 157 Å². The lowest BCUT2D eigenvalue weighted by molar-refractivity contribution is 0.459. The minimum Gasteiger partial charge on any atom is -0.351 e. The fourth-order valence-corrected chi connectivity index (χ4v) is 2.44. The number of hydrogen-bond donors (Lipinski definition) is 3. The monoisotopic (exact) mass is 390 g/mol. The number of hydrogen-bond acceptors (Lipinski definition) is 6. The van der Waals surface area contributed by atoms with Crippen molar-refractivity contribution in [3.05, 3.63) is 59.8 Å². The maximum absolute atomic E-state index is 13.8. The van der Waals surface area contributed by atoms with Gasteiger partial charge in [-0.1, -0.05) is 6.07 Å². The quantitative estimate of drug-likeness (QED) is 0.334. The second-order valence-corrected chi connectivity index (χ2v) is 6.19. The predicted molar refractivity (Wildman–Crippen MR) is 95.4 cm³/mol. The van der Waals surface area contributed by atoms with Gasteiger partial charge in [0.25, 0.3) is 0 Å². The van der Waals surface area contributed by atoms with Crippen LogP contribution in [0.15, 0.2) is 36.5 Å². The van der Waals surface area contributed by atoms with Crippen molar-refractivity contribution < 1.29 is 17.6 Å². The van der Waals surface area contributed by atoms with Crippen LogP contribution in [0.4, 0.5) is 35.0 Å². The van der Waals surface area contributed by atoms with Gasteiger partial charge in [-0.15, -0.1) is 0 Å². The first kappa shape index (κ1) is 18.0. The Hall–Kier alpha value is -3.43. The molecule has 0 radical (unpaired) electrons. The first-order valence-corrected chi connectivity index (χ1v) is 8.43. The third-order valence-corrected chi connectivity index (χ3v) is 3.99. The molecule has 1 aliphatic carbocycles. The number of nitrogens with one attached hydrogen (secondary N) is 3. The molecule has 28 heavy (non-hydrogen) atoms. The molecule has 1 aromatic carbocycles. The van der Waals surface area contributed by atoms with Crippen LogP contribution in [-0.4, -0.2) is 21.0 Å². The van der Waals surface area contributed by atoms with Crippen LogP contribution in [0, 0.1) is 23.3 Å². The summed E-state index contributed by atoms with van der Waals surface area (Å²) in [5.74, 6) is -5.72. The van der Waals surface area contributed by atoms with Crippen molar-refractivity contribution in [3.8, 4) is 11.4 Å². The molecule has 0 amide bonds. The SMILES string of the molecule is Fc1cc(F)c(F)c(NNc2cc(-c3ccccn3)nc(NC3CC3)n2)c1F. The van der Waals surface area contributed by atoms with Crippen molar-refractivity contribution in [2.75, 3.05) is 16.2 Å². The van der Waals surface area contributed by atoms with Gasteiger partial charge in [-0.3, -0.25) is 15.8 Å². The van der Waals surface area contributed by atoms with Crippen LogP contribution in [0.1, 0.15) is 12.8 Å². The number of anilines is 3. The van der Waals surface area contributed by atoms with Crippen LogP contribution >= 0.6 is 0 Å². The molecule has 10 heteroatoms. The Morgan fingerprint density at radius 1 is 0.857 bits per heavy atom.